The molecule has 2 aromatic rings. The van der Waals surface area contributed by atoms with E-state index in [4.69, 9.17) is 9.84 Å². The predicted octanol–water partition coefficient (Wildman–Crippen LogP) is 1.55. The van der Waals surface area contributed by atoms with Crippen molar-refractivity contribution in [2.75, 3.05) is 0 Å². The molecule has 0 amide bonds. The minimum absolute atomic E-state index is 0.0732. The smallest absolute Gasteiger partial charge is 0.128 e. The summed E-state index contributed by atoms with van der Waals surface area (Å²) in [5, 5.41) is 9.08. The van der Waals surface area contributed by atoms with Gasteiger partial charge in [-0.05, 0) is 12.1 Å². The monoisotopic (exact) mass is 216 g/mol. The summed E-state index contributed by atoms with van der Waals surface area (Å²) >= 11 is 0. The summed E-state index contributed by atoms with van der Waals surface area (Å²) in [5.74, 6) is 0.654. The Balaban J connectivity index is 2.05. The van der Waals surface area contributed by atoms with Crippen molar-refractivity contribution in [3.8, 4) is 5.75 Å². The zero-order valence-electron chi connectivity index (χ0n) is 8.71. The lowest BCUT2D eigenvalue weighted by molar-refractivity contribution is 0.258. The molecule has 0 spiro atoms. The van der Waals surface area contributed by atoms with E-state index in [1.54, 1.807) is 30.9 Å². The molecule has 0 atom stereocenters. The standard InChI is InChI=1S/C12H12N2O2/c15-8-11-7-14-5-3-12(11)16-9-10-2-1-4-13-6-10/h1-7,15H,8-9H2. The molecule has 0 bridgehead atoms. The van der Waals surface area contributed by atoms with Gasteiger partial charge in [-0.3, -0.25) is 9.97 Å². The highest BCUT2D eigenvalue weighted by Crippen LogP contribution is 2.17. The Bertz CT molecular complexity index is 446. The fourth-order valence-electron chi connectivity index (χ4n) is 1.32. The van der Waals surface area contributed by atoms with Crippen LogP contribution in [0.15, 0.2) is 43.0 Å². The maximum Gasteiger partial charge on any atom is 0.128 e. The van der Waals surface area contributed by atoms with Crippen LogP contribution in [0.4, 0.5) is 0 Å². The maximum atomic E-state index is 9.08. The van der Waals surface area contributed by atoms with Crippen molar-refractivity contribution >= 4 is 0 Å². The fourth-order valence-corrected chi connectivity index (χ4v) is 1.32. The zero-order chi connectivity index (χ0) is 11.2. The lowest BCUT2D eigenvalue weighted by Gasteiger charge is -2.08. The van der Waals surface area contributed by atoms with Crippen LogP contribution in [0.3, 0.4) is 0 Å². The quantitative estimate of drug-likeness (QED) is 0.842. The summed E-state index contributed by atoms with van der Waals surface area (Å²) < 4.78 is 5.57. The second-order valence-corrected chi connectivity index (χ2v) is 3.29. The van der Waals surface area contributed by atoms with Gasteiger partial charge in [0, 0.05) is 35.9 Å². The topological polar surface area (TPSA) is 55.2 Å². The molecule has 0 aromatic carbocycles. The van der Waals surface area contributed by atoms with E-state index in [1.165, 1.54) is 0 Å². The molecule has 0 radical (unpaired) electrons. The number of aliphatic hydroxyl groups excluding tert-OH is 1. The first-order chi connectivity index (χ1) is 7.90. The van der Waals surface area contributed by atoms with Crippen molar-refractivity contribution in [2.24, 2.45) is 0 Å². The number of ether oxygens (including phenoxy) is 1. The minimum atomic E-state index is -0.0732. The number of rotatable bonds is 4. The van der Waals surface area contributed by atoms with Crippen LogP contribution in [-0.2, 0) is 13.2 Å². The molecule has 1 N–H and O–H groups in total. The number of nitrogens with zero attached hydrogens (tertiary/aromatic N) is 2. The molecule has 0 aliphatic rings. The number of aliphatic hydroxyl groups is 1. The van der Waals surface area contributed by atoms with Crippen LogP contribution in [0.25, 0.3) is 0 Å². The van der Waals surface area contributed by atoms with Gasteiger partial charge in [0.2, 0.25) is 0 Å². The minimum Gasteiger partial charge on any atom is -0.488 e. The number of hydrogen-bond donors (Lipinski definition) is 1. The van der Waals surface area contributed by atoms with Crippen LogP contribution in [0.5, 0.6) is 5.75 Å². The van der Waals surface area contributed by atoms with Gasteiger partial charge in [-0.15, -0.1) is 0 Å². The van der Waals surface area contributed by atoms with Crippen molar-refractivity contribution in [1.29, 1.82) is 0 Å². The molecule has 0 aliphatic heterocycles. The van der Waals surface area contributed by atoms with Gasteiger partial charge in [-0.25, -0.2) is 0 Å². The summed E-state index contributed by atoms with van der Waals surface area (Å²) in [6, 6.07) is 5.53. The van der Waals surface area contributed by atoms with E-state index in [2.05, 4.69) is 9.97 Å². The first-order valence-corrected chi connectivity index (χ1v) is 4.95. The van der Waals surface area contributed by atoms with Crippen LogP contribution in [0.1, 0.15) is 11.1 Å². The molecular weight excluding hydrogens is 204 g/mol. The Morgan fingerprint density at radius 1 is 1.12 bits per heavy atom. The normalized spacial score (nSPS) is 10.1. The summed E-state index contributed by atoms with van der Waals surface area (Å²) in [7, 11) is 0. The van der Waals surface area contributed by atoms with E-state index in [0.717, 1.165) is 5.56 Å². The Labute approximate surface area is 93.6 Å². The van der Waals surface area contributed by atoms with Crippen LogP contribution in [0.2, 0.25) is 0 Å². The molecule has 0 aliphatic carbocycles. The van der Waals surface area contributed by atoms with Gasteiger partial charge in [0.05, 0.1) is 6.61 Å². The van der Waals surface area contributed by atoms with E-state index < -0.39 is 0 Å². The van der Waals surface area contributed by atoms with Crippen LogP contribution in [0, 0.1) is 0 Å². The van der Waals surface area contributed by atoms with Crippen LogP contribution < -0.4 is 4.74 Å². The van der Waals surface area contributed by atoms with Crippen molar-refractivity contribution in [1.82, 2.24) is 9.97 Å². The maximum absolute atomic E-state index is 9.08. The Kier molecular flexibility index (Phi) is 3.46. The summed E-state index contributed by atoms with van der Waals surface area (Å²) in [4.78, 5) is 7.92. The van der Waals surface area contributed by atoms with E-state index >= 15 is 0 Å². The first-order valence-electron chi connectivity index (χ1n) is 4.95. The average Bonchev–Trinajstić information content (AvgIpc) is 2.38. The van der Waals surface area contributed by atoms with Gasteiger partial charge < -0.3 is 9.84 Å². The number of aromatic nitrogens is 2. The number of pyridine rings is 2. The van der Waals surface area contributed by atoms with Crippen LogP contribution >= 0.6 is 0 Å². The SMILES string of the molecule is OCc1cnccc1OCc1cccnc1. The molecule has 0 saturated carbocycles. The second-order valence-electron chi connectivity index (χ2n) is 3.29. The lowest BCUT2D eigenvalue weighted by atomic mass is 10.2. The zero-order valence-corrected chi connectivity index (χ0v) is 8.71. The lowest BCUT2D eigenvalue weighted by Crippen LogP contribution is -1.99. The highest BCUT2D eigenvalue weighted by Gasteiger charge is 2.02. The van der Waals surface area contributed by atoms with Gasteiger partial charge >= 0.3 is 0 Å². The Hall–Kier alpha value is -1.94. The highest BCUT2D eigenvalue weighted by atomic mass is 16.5. The van der Waals surface area contributed by atoms with E-state index in [0.29, 0.717) is 17.9 Å². The molecule has 2 rings (SSSR count). The Morgan fingerprint density at radius 2 is 2.00 bits per heavy atom. The van der Waals surface area contributed by atoms with Gasteiger partial charge in [0.1, 0.15) is 12.4 Å². The molecule has 0 unspecified atom stereocenters. The fraction of sp³-hybridized carbons (Fsp3) is 0.167. The van der Waals surface area contributed by atoms with Gasteiger partial charge in [-0.1, -0.05) is 6.07 Å². The third kappa shape index (κ3) is 2.55. The van der Waals surface area contributed by atoms with Crippen molar-refractivity contribution in [3.05, 3.63) is 54.1 Å². The van der Waals surface area contributed by atoms with E-state index in [-0.39, 0.29) is 6.61 Å². The average molecular weight is 216 g/mol. The van der Waals surface area contributed by atoms with E-state index in [1.807, 2.05) is 12.1 Å². The van der Waals surface area contributed by atoms with E-state index in [9.17, 15) is 0 Å². The molecule has 0 fully saturated rings. The molecule has 2 heterocycles. The number of hydrogen-bond acceptors (Lipinski definition) is 4. The third-order valence-corrected chi connectivity index (χ3v) is 2.15. The molecule has 2 aromatic heterocycles. The van der Waals surface area contributed by atoms with Crippen molar-refractivity contribution in [3.63, 3.8) is 0 Å². The summed E-state index contributed by atoms with van der Waals surface area (Å²) in [6.07, 6.45) is 6.70. The summed E-state index contributed by atoms with van der Waals surface area (Å²) in [5.41, 5.74) is 1.68. The van der Waals surface area contributed by atoms with Crippen molar-refractivity contribution in [2.45, 2.75) is 13.2 Å². The first kappa shape index (κ1) is 10.6. The van der Waals surface area contributed by atoms with Gasteiger partial charge in [-0.2, -0.15) is 0 Å². The molecule has 4 heteroatoms. The van der Waals surface area contributed by atoms with Gasteiger partial charge in [0.25, 0.3) is 0 Å². The second kappa shape index (κ2) is 5.23. The molecular formula is C12H12N2O2. The summed E-state index contributed by atoms with van der Waals surface area (Å²) in [6.45, 7) is 0.362. The predicted molar refractivity (Wildman–Crippen MR) is 58.7 cm³/mol. The third-order valence-electron chi connectivity index (χ3n) is 2.15. The Morgan fingerprint density at radius 3 is 2.75 bits per heavy atom. The largest absolute Gasteiger partial charge is 0.488 e. The van der Waals surface area contributed by atoms with Crippen LogP contribution in [-0.4, -0.2) is 15.1 Å². The molecule has 82 valence electrons. The molecule has 0 saturated heterocycles. The highest BCUT2D eigenvalue weighted by molar-refractivity contribution is 5.29. The molecule has 4 nitrogen and oxygen atoms in total. The van der Waals surface area contributed by atoms with Crippen molar-refractivity contribution < 1.29 is 9.84 Å². The van der Waals surface area contributed by atoms with Gasteiger partial charge in [0.15, 0.2) is 0 Å². The molecule has 16 heavy (non-hydrogen) atoms.